The molecular weight excluding hydrogens is 558 g/mol. The molecule has 0 saturated carbocycles. The summed E-state index contributed by atoms with van der Waals surface area (Å²) < 4.78 is 5.07. The Morgan fingerprint density at radius 1 is 1.00 bits per heavy atom. The molecule has 1 fully saturated rings. The largest absolute Gasteiger partial charge is 0.375 e. The van der Waals surface area contributed by atoms with E-state index in [1.807, 2.05) is 74.5 Å². The molecule has 2 atom stereocenters. The van der Waals surface area contributed by atoms with Gasteiger partial charge >= 0.3 is 0 Å². The Kier molecular flexibility index (Phi) is 12.1. The standard InChI is InChI=1S/C31H39N5O5.ClH/c1-22(2)29-31(40)35(26(24-12-8-5-9-13-24)19-36(29)28(38)21-41-3)20-27(37)33-25(18-23-10-6-4-7-11-23)30(39)34-16-14-32-15-17-34;/h4-13,19,22,25,29,32H,14-18,20-21H2,1-3H3,(H,33,37);1H/t25-,29?;/m0./s1. The van der Waals surface area contributed by atoms with Crippen molar-refractivity contribution in [1.29, 1.82) is 0 Å². The zero-order chi connectivity index (χ0) is 29.4. The van der Waals surface area contributed by atoms with Crippen molar-refractivity contribution in [2.45, 2.75) is 32.4 Å². The summed E-state index contributed by atoms with van der Waals surface area (Å²) in [5, 5.41) is 6.17. The van der Waals surface area contributed by atoms with E-state index in [1.165, 1.54) is 16.9 Å². The molecule has 2 N–H and O–H groups in total. The van der Waals surface area contributed by atoms with Gasteiger partial charge in [-0.1, -0.05) is 74.5 Å². The maximum Gasteiger partial charge on any atom is 0.253 e. The predicted octanol–water partition coefficient (Wildman–Crippen LogP) is 1.91. The van der Waals surface area contributed by atoms with Gasteiger partial charge in [0.25, 0.3) is 11.8 Å². The molecule has 0 bridgehead atoms. The molecule has 2 heterocycles. The van der Waals surface area contributed by atoms with Crippen molar-refractivity contribution >= 4 is 41.7 Å². The Balaban J connectivity index is 0.00000484. The Bertz CT molecular complexity index is 1250. The highest BCUT2D eigenvalue weighted by molar-refractivity contribution is 6.00. The van der Waals surface area contributed by atoms with E-state index in [9.17, 15) is 19.2 Å². The first kappa shape index (κ1) is 32.8. The average Bonchev–Trinajstić information content (AvgIpc) is 2.98. The lowest BCUT2D eigenvalue weighted by Crippen LogP contribution is -2.58. The molecule has 0 aliphatic carbocycles. The van der Waals surface area contributed by atoms with Crippen LogP contribution in [0.1, 0.15) is 25.0 Å². The first-order valence-corrected chi connectivity index (χ1v) is 14.0. The van der Waals surface area contributed by atoms with Crippen LogP contribution in [0, 0.1) is 5.92 Å². The molecule has 2 aromatic rings. The van der Waals surface area contributed by atoms with Crippen LogP contribution < -0.4 is 10.6 Å². The number of nitrogens with one attached hydrogen (secondary N) is 2. The number of ether oxygens (including phenoxy) is 1. The maximum absolute atomic E-state index is 14.0. The van der Waals surface area contributed by atoms with Gasteiger partial charge in [0.15, 0.2) is 0 Å². The third kappa shape index (κ3) is 7.96. The van der Waals surface area contributed by atoms with Gasteiger partial charge in [-0.25, -0.2) is 0 Å². The molecule has 4 amide bonds. The zero-order valence-electron chi connectivity index (χ0n) is 24.3. The quantitative estimate of drug-likeness (QED) is 0.433. The summed E-state index contributed by atoms with van der Waals surface area (Å²) in [4.78, 5) is 58.7. The lowest BCUT2D eigenvalue weighted by molar-refractivity contribution is -0.147. The molecule has 226 valence electrons. The Hall–Kier alpha value is -3.73. The molecule has 4 rings (SSSR count). The van der Waals surface area contributed by atoms with Crippen LogP contribution in [-0.2, 0) is 30.3 Å². The lowest BCUT2D eigenvalue weighted by atomic mass is 9.97. The zero-order valence-corrected chi connectivity index (χ0v) is 25.1. The second-order valence-electron chi connectivity index (χ2n) is 10.6. The fraction of sp³-hybridized carbons (Fsp3) is 0.419. The molecule has 0 spiro atoms. The first-order valence-electron chi connectivity index (χ1n) is 14.0. The highest BCUT2D eigenvalue weighted by Gasteiger charge is 2.41. The van der Waals surface area contributed by atoms with E-state index >= 15 is 0 Å². The number of methoxy groups -OCH3 is 1. The van der Waals surface area contributed by atoms with E-state index in [0.717, 1.165) is 5.56 Å². The van der Waals surface area contributed by atoms with Crippen molar-refractivity contribution in [3.8, 4) is 0 Å². The Morgan fingerprint density at radius 2 is 1.62 bits per heavy atom. The number of hydrogen-bond donors (Lipinski definition) is 2. The van der Waals surface area contributed by atoms with Crippen LogP contribution in [0.3, 0.4) is 0 Å². The van der Waals surface area contributed by atoms with E-state index in [1.54, 1.807) is 11.1 Å². The molecule has 0 aromatic heterocycles. The second-order valence-corrected chi connectivity index (χ2v) is 10.6. The lowest BCUT2D eigenvalue weighted by Gasteiger charge is -2.41. The van der Waals surface area contributed by atoms with Gasteiger partial charge in [-0.2, -0.15) is 0 Å². The van der Waals surface area contributed by atoms with Crippen LogP contribution in [0.25, 0.3) is 5.70 Å². The van der Waals surface area contributed by atoms with Crippen molar-refractivity contribution in [3.63, 3.8) is 0 Å². The third-order valence-electron chi connectivity index (χ3n) is 7.27. The van der Waals surface area contributed by atoms with Gasteiger partial charge in [-0.05, 0) is 17.0 Å². The van der Waals surface area contributed by atoms with Crippen molar-refractivity contribution < 1.29 is 23.9 Å². The van der Waals surface area contributed by atoms with E-state index in [0.29, 0.717) is 43.9 Å². The summed E-state index contributed by atoms with van der Waals surface area (Å²) >= 11 is 0. The van der Waals surface area contributed by atoms with E-state index < -0.39 is 18.0 Å². The van der Waals surface area contributed by atoms with Crippen LogP contribution in [0.5, 0.6) is 0 Å². The topological polar surface area (TPSA) is 111 Å². The van der Waals surface area contributed by atoms with Crippen LogP contribution in [-0.4, -0.2) is 96.9 Å². The van der Waals surface area contributed by atoms with Crippen molar-refractivity contribution in [3.05, 3.63) is 78.0 Å². The second kappa shape index (κ2) is 15.5. The SMILES string of the molecule is COCC(=O)N1C=C(c2ccccc2)N(CC(=O)N[C@@H](Cc2ccccc2)C(=O)N2CCNCC2)C(=O)C1C(C)C.Cl. The minimum absolute atomic E-state index is 0. The van der Waals surface area contributed by atoms with Crippen molar-refractivity contribution in [1.82, 2.24) is 25.3 Å². The molecule has 10 nitrogen and oxygen atoms in total. The van der Waals surface area contributed by atoms with Gasteiger partial charge in [0.05, 0.1) is 5.70 Å². The number of hydrogen-bond acceptors (Lipinski definition) is 6. The summed E-state index contributed by atoms with van der Waals surface area (Å²) in [6.45, 7) is 5.76. The summed E-state index contributed by atoms with van der Waals surface area (Å²) in [5.74, 6) is -1.54. The Labute approximate surface area is 253 Å². The number of carbonyl (C=O) groups is 4. The molecule has 2 aliphatic rings. The summed E-state index contributed by atoms with van der Waals surface area (Å²) in [7, 11) is 1.43. The van der Waals surface area contributed by atoms with E-state index in [-0.39, 0.29) is 49.2 Å². The van der Waals surface area contributed by atoms with Gasteiger partial charge in [-0.3, -0.25) is 24.1 Å². The van der Waals surface area contributed by atoms with Gasteiger partial charge in [0, 0.05) is 45.9 Å². The normalized spacial score (nSPS) is 17.8. The number of halogens is 1. The number of piperazine rings is 1. The first-order chi connectivity index (χ1) is 19.8. The number of rotatable bonds is 10. The average molecular weight is 598 g/mol. The monoisotopic (exact) mass is 597 g/mol. The third-order valence-corrected chi connectivity index (χ3v) is 7.27. The molecule has 1 saturated heterocycles. The number of carbonyl (C=O) groups excluding carboxylic acids is 4. The maximum atomic E-state index is 14.0. The summed E-state index contributed by atoms with van der Waals surface area (Å²) in [5.41, 5.74) is 2.04. The number of nitrogens with zero attached hydrogens (tertiary/aromatic N) is 3. The van der Waals surface area contributed by atoms with Crippen LogP contribution in [0.2, 0.25) is 0 Å². The van der Waals surface area contributed by atoms with Gasteiger partial charge in [-0.15, -0.1) is 12.4 Å². The molecule has 2 aromatic carbocycles. The van der Waals surface area contributed by atoms with Gasteiger partial charge in [0.1, 0.15) is 25.2 Å². The minimum atomic E-state index is -0.805. The fourth-order valence-corrected chi connectivity index (χ4v) is 5.25. The number of benzene rings is 2. The molecule has 2 aliphatic heterocycles. The van der Waals surface area contributed by atoms with E-state index in [4.69, 9.17) is 4.74 Å². The summed E-state index contributed by atoms with van der Waals surface area (Å²) in [6, 6.07) is 17.1. The Morgan fingerprint density at radius 3 is 2.21 bits per heavy atom. The van der Waals surface area contributed by atoms with Crippen molar-refractivity contribution in [2.75, 3.05) is 46.4 Å². The summed E-state index contributed by atoms with van der Waals surface area (Å²) in [6.07, 6.45) is 1.96. The van der Waals surface area contributed by atoms with Crippen LogP contribution in [0.15, 0.2) is 66.9 Å². The van der Waals surface area contributed by atoms with Gasteiger partial charge < -0.3 is 25.2 Å². The highest BCUT2D eigenvalue weighted by atomic mass is 35.5. The molecule has 1 unspecified atom stereocenters. The molecule has 11 heteroatoms. The molecule has 42 heavy (non-hydrogen) atoms. The fourth-order valence-electron chi connectivity index (χ4n) is 5.25. The van der Waals surface area contributed by atoms with Gasteiger partial charge in [0.2, 0.25) is 11.8 Å². The van der Waals surface area contributed by atoms with E-state index in [2.05, 4.69) is 10.6 Å². The molecule has 0 radical (unpaired) electrons. The smallest absolute Gasteiger partial charge is 0.253 e. The number of amides is 4. The van der Waals surface area contributed by atoms with Crippen LogP contribution in [0.4, 0.5) is 0 Å². The highest BCUT2D eigenvalue weighted by Crippen LogP contribution is 2.30. The minimum Gasteiger partial charge on any atom is -0.375 e. The van der Waals surface area contributed by atoms with Crippen molar-refractivity contribution in [2.24, 2.45) is 5.92 Å². The molecular formula is C31H40ClN5O5. The van der Waals surface area contributed by atoms with Crippen LogP contribution >= 0.6 is 12.4 Å². The predicted molar refractivity (Wildman–Crippen MR) is 162 cm³/mol.